The van der Waals surface area contributed by atoms with Gasteiger partial charge in [-0.2, -0.15) is 0 Å². The zero-order chi connectivity index (χ0) is 41.5. The summed E-state index contributed by atoms with van der Waals surface area (Å²) >= 11 is 0. The summed E-state index contributed by atoms with van der Waals surface area (Å²) < 4.78 is 20.4. The lowest BCUT2D eigenvalue weighted by Crippen LogP contribution is -2.65. The lowest BCUT2D eigenvalue weighted by atomic mass is 9.53. The summed E-state index contributed by atoms with van der Waals surface area (Å²) in [5.41, 5.74) is -9.37. The van der Waals surface area contributed by atoms with Crippen LogP contribution in [0.5, 0.6) is 17.2 Å². The topological polar surface area (TPSA) is 140 Å². The van der Waals surface area contributed by atoms with Crippen LogP contribution in [0.3, 0.4) is 0 Å². The molecule has 0 heterocycles. The van der Waals surface area contributed by atoms with E-state index in [1.165, 1.54) is 39.0 Å². The number of hydrogen-bond donors (Lipinski definition) is 3. The van der Waals surface area contributed by atoms with Crippen molar-refractivity contribution in [1.29, 1.82) is 0 Å². The average Bonchev–Trinajstić information content (AvgIpc) is 3.05. The smallest absolute Gasteiger partial charge is 0.152 e. The van der Waals surface area contributed by atoms with Crippen molar-refractivity contribution in [3.63, 3.8) is 0 Å². The van der Waals surface area contributed by atoms with Crippen molar-refractivity contribution >= 4 is 17.3 Å². The number of carbonyl (C=O) groups is 3. The molecule has 55 heavy (non-hydrogen) atoms. The summed E-state index contributed by atoms with van der Waals surface area (Å²) in [7, 11) is 0. The molecule has 3 fully saturated rings. The fraction of sp³-hybridized carbons (Fsp3) is 0.674. The highest BCUT2D eigenvalue weighted by atomic mass is 16.5. The Kier molecular flexibility index (Phi) is 12.3. The van der Waals surface area contributed by atoms with Crippen LogP contribution in [0.4, 0.5) is 0 Å². The number of carbonyl (C=O) groups excluding carboxylic acids is 3. The summed E-state index contributed by atoms with van der Waals surface area (Å²) in [5.74, 6) is 0.568. The molecule has 1 aromatic carbocycles. The van der Waals surface area contributed by atoms with Gasteiger partial charge in [0.05, 0.1) is 12.2 Å². The van der Waals surface area contributed by atoms with E-state index in [0.717, 1.165) is 38.5 Å². The molecular formula is C46H68O9. The Morgan fingerprint density at radius 2 is 0.855 bits per heavy atom. The van der Waals surface area contributed by atoms with E-state index in [4.69, 9.17) is 14.2 Å². The van der Waals surface area contributed by atoms with Gasteiger partial charge in [-0.15, -0.1) is 0 Å². The van der Waals surface area contributed by atoms with Crippen molar-refractivity contribution in [3.05, 3.63) is 54.7 Å². The van der Waals surface area contributed by atoms with Crippen LogP contribution in [0.25, 0.3) is 0 Å². The summed E-state index contributed by atoms with van der Waals surface area (Å²) in [4.78, 5) is 36.3. The van der Waals surface area contributed by atoms with E-state index in [-0.39, 0.29) is 24.0 Å². The van der Waals surface area contributed by atoms with E-state index in [9.17, 15) is 29.7 Å². The molecule has 0 aromatic heterocycles. The third-order valence-electron chi connectivity index (χ3n) is 13.8. The van der Waals surface area contributed by atoms with Gasteiger partial charge in [0, 0.05) is 34.4 Å². The van der Waals surface area contributed by atoms with E-state index < -0.39 is 49.7 Å². The van der Waals surface area contributed by atoms with Gasteiger partial charge in [-0.1, -0.05) is 54.9 Å². The van der Waals surface area contributed by atoms with Crippen LogP contribution in [0.1, 0.15) is 141 Å². The van der Waals surface area contributed by atoms with Gasteiger partial charge in [-0.3, -0.25) is 14.4 Å². The number of hydrogen-bond acceptors (Lipinski definition) is 9. The Labute approximate surface area is 329 Å². The fourth-order valence-corrected chi connectivity index (χ4v) is 9.94. The first kappa shape index (κ1) is 44.4. The monoisotopic (exact) mass is 764 g/mol. The molecule has 0 spiro atoms. The van der Waals surface area contributed by atoms with Crippen molar-refractivity contribution in [2.24, 2.45) is 21.7 Å². The van der Waals surface area contributed by atoms with Gasteiger partial charge < -0.3 is 29.5 Å². The highest BCUT2D eigenvalue weighted by Crippen LogP contribution is 2.56. The van der Waals surface area contributed by atoms with Crippen LogP contribution >= 0.6 is 0 Å². The maximum atomic E-state index is 12.4. The Balaban J connectivity index is 1.85. The lowest BCUT2D eigenvalue weighted by Gasteiger charge is -2.56. The van der Waals surface area contributed by atoms with Crippen LogP contribution in [0.15, 0.2) is 54.7 Å². The second kappa shape index (κ2) is 15.2. The number of rotatable bonds is 13. The van der Waals surface area contributed by atoms with Crippen molar-refractivity contribution in [2.75, 3.05) is 6.61 Å². The lowest BCUT2D eigenvalue weighted by molar-refractivity contribution is -0.184. The van der Waals surface area contributed by atoms with Crippen LogP contribution in [0, 0.1) is 21.7 Å². The summed E-state index contributed by atoms with van der Waals surface area (Å²) in [6.45, 7) is 22.1. The van der Waals surface area contributed by atoms with E-state index in [1.54, 1.807) is 36.4 Å². The average molecular weight is 765 g/mol. The molecule has 306 valence electrons. The molecule has 4 rings (SSSR count). The van der Waals surface area contributed by atoms with Crippen LogP contribution in [-0.4, -0.2) is 67.3 Å². The highest BCUT2D eigenvalue weighted by molar-refractivity contribution is 5.88. The Hall–Kier alpha value is -3.27. The third-order valence-corrected chi connectivity index (χ3v) is 13.8. The van der Waals surface area contributed by atoms with Gasteiger partial charge in [0.15, 0.2) is 17.3 Å². The van der Waals surface area contributed by atoms with Crippen LogP contribution in [0.2, 0.25) is 0 Å². The van der Waals surface area contributed by atoms with Crippen LogP contribution < -0.4 is 14.2 Å². The second-order valence-electron chi connectivity index (χ2n) is 19.5. The van der Waals surface area contributed by atoms with Crippen LogP contribution in [-0.2, 0) is 14.4 Å². The first-order valence-corrected chi connectivity index (χ1v) is 20.0. The van der Waals surface area contributed by atoms with Gasteiger partial charge in [0.2, 0.25) is 0 Å². The largest absolute Gasteiger partial charge is 0.493 e. The maximum absolute atomic E-state index is 12.4. The second-order valence-corrected chi connectivity index (χ2v) is 19.5. The number of ketones is 3. The maximum Gasteiger partial charge on any atom is 0.152 e. The molecule has 1 aromatic rings. The van der Waals surface area contributed by atoms with E-state index in [0.29, 0.717) is 36.5 Å². The third kappa shape index (κ3) is 8.26. The molecule has 3 saturated carbocycles. The molecule has 0 bridgehead atoms. The first-order valence-electron chi connectivity index (χ1n) is 20.0. The van der Waals surface area contributed by atoms with Crippen molar-refractivity contribution in [1.82, 2.24) is 0 Å². The van der Waals surface area contributed by atoms with Gasteiger partial charge >= 0.3 is 0 Å². The predicted octanol–water partition coefficient (Wildman–Crippen LogP) is 8.61. The molecule has 0 amide bonds. The summed E-state index contributed by atoms with van der Waals surface area (Å²) in [6, 6.07) is 5.21. The molecule has 0 radical (unpaired) electrons. The first-order chi connectivity index (χ1) is 25.1. The molecule has 9 heteroatoms. The normalized spacial score (nSPS) is 35.8. The van der Waals surface area contributed by atoms with Gasteiger partial charge in [-0.25, -0.2) is 0 Å². The minimum absolute atomic E-state index is 0.100. The SMILES string of the molecule is CC(=O)/C=C/C1(O)C(C)(C)CCCC1(C)COc1cc(OC2(C)CCCC(C)(C)C2(O)/C=C/C(C)=O)cc(OC2(C)CCCC(C)(C)C2(O)/C=C/C(C)=O)c1. The number of ether oxygens (including phenoxy) is 3. The van der Waals surface area contributed by atoms with Crippen molar-refractivity contribution in [2.45, 2.75) is 169 Å². The van der Waals surface area contributed by atoms with Crippen molar-refractivity contribution < 1.29 is 43.9 Å². The minimum Gasteiger partial charge on any atom is -0.493 e. The predicted molar refractivity (Wildman–Crippen MR) is 215 cm³/mol. The molecule has 6 unspecified atom stereocenters. The van der Waals surface area contributed by atoms with Gasteiger partial charge in [-0.05, 0) is 128 Å². The van der Waals surface area contributed by atoms with E-state index in [1.807, 2.05) is 62.3 Å². The summed E-state index contributed by atoms with van der Waals surface area (Å²) in [6.07, 6.45) is 15.3. The van der Waals surface area contributed by atoms with Gasteiger partial charge in [0.25, 0.3) is 0 Å². The van der Waals surface area contributed by atoms with E-state index in [2.05, 4.69) is 0 Å². The minimum atomic E-state index is -1.53. The number of benzene rings is 1. The molecule has 3 aliphatic carbocycles. The molecular weight excluding hydrogens is 696 g/mol. The molecule has 3 aliphatic rings. The molecule has 9 nitrogen and oxygen atoms in total. The standard InChI is InChI=1S/C46H68O9/c1-32(47)16-25-44(50)38(4,5)19-13-22-41(44,10)31-53-35-28-36(54-42(11)23-14-20-39(6,7)45(42,51)26-17-33(2)48)30-37(29-35)55-43(12)24-15-21-40(8,9)46(43,52)27-18-34(3)49/h16-18,25-30,50-52H,13-15,19-24,31H2,1-12H3/b25-16+,26-17+,27-18+. The van der Waals surface area contributed by atoms with Gasteiger partial charge in [0.1, 0.15) is 39.7 Å². The molecule has 0 aliphatic heterocycles. The van der Waals surface area contributed by atoms with Crippen molar-refractivity contribution in [3.8, 4) is 17.2 Å². The molecule has 3 N–H and O–H groups in total. The quantitative estimate of drug-likeness (QED) is 0.169. The van der Waals surface area contributed by atoms with E-state index >= 15 is 0 Å². The summed E-state index contributed by atoms with van der Waals surface area (Å²) in [5, 5.41) is 37.3. The molecule has 0 saturated heterocycles. The number of aliphatic hydroxyl groups is 3. The fourth-order valence-electron chi connectivity index (χ4n) is 9.94. The zero-order valence-corrected chi connectivity index (χ0v) is 35.6. The zero-order valence-electron chi connectivity index (χ0n) is 35.6. The highest BCUT2D eigenvalue weighted by Gasteiger charge is 2.61. The Morgan fingerprint density at radius 3 is 1.24 bits per heavy atom. The molecule has 6 atom stereocenters. The Bertz CT molecular complexity index is 1630. The number of allylic oxidation sites excluding steroid dienone is 3. The Morgan fingerprint density at radius 1 is 0.527 bits per heavy atom.